The van der Waals surface area contributed by atoms with Crippen molar-refractivity contribution in [3.8, 4) is 16.3 Å². The minimum atomic E-state index is -0.0851. The summed E-state index contributed by atoms with van der Waals surface area (Å²) in [5.74, 6) is 0.672. The number of carbonyl (C=O) groups is 1. The molecule has 1 fully saturated rings. The zero-order chi connectivity index (χ0) is 20.8. The summed E-state index contributed by atoms with van der Waals surface area (Å²) < 4.78 is 10.6. The van der Waals surface area contributed by atoms with Gasteiger partial charge in [0.15, 0.2) is 0 Å². The average molecular weight is 424 g/mol. The number of carbonyl (C=O) groups excluding carboxylic acids is 1. The number of amides is 1. The van der Waals surface area contributed by atoms with Gasteiger partial charge in [-0.1, -0.05) is 18.2 Å². The Kier molecular flexibility index (Phi) is 6.74. The van der Waals surface area contributed by atoms with Crippen LogP contribution in [0.4, 0.5) is 5.69 Å². The largest absolute Gasteiger partial charge is 0.497 e. The maximum atomic E-state index is 12.4. The lowest BCUT2D eigenvalue weighted by Gasteiger charge is -2.26. The van der Waals surface area contributed by atoms with Crippen LogP contribution in [0.1, 0.15) is 11.3 Å². The predicted octanol–water partition coefficient (Wildman–Crippen LogP) is 3.83. The Morgan fingerprint density at radius 2 is 2.00 bits per heavy atom. The molecule has 156 valence electrons. The van der Waals surface area contributed by atoms with E-state index in [0.29, 0.717) is 0 Å². The molecule has 0 spiro atoms. The molecule has 0 unspecified atom stereocenters. The second-order valence-corrected chi connectivity index (χ2v) is 8.04. The van der Waals surface area contributed by atoms with Crippen LogP contribution in [-0.2, 0) is 22.5 Å². The summed E-state index contributed by atoms with van der Waals surface area (Å²) >= 11 is 1.57. The van der Waals surface area contributed by atoms with Gasteiger partial charge in [-0.05, 0) is 35.9 Å². The fourth-order valence-corrected chi connectivity index (χ4v) is 4.20. The molecule has 1 N–H and O–H groups in total. The Balaban J connectivity index is 1.37. The highest BCUT2D eigenvalue weighted by Gasteiger charge is 2.13. The van der Waals surface area contributed by atoms with Gasteiger partial charge in [-0.25, -0.2) is 4.98 Å². The number of aromatic nitrogens is 1. The van der Waals surface area contributed by atoms with E-state index in [9.17, 15) is 4.79 Å². The molecule has 0 saturated carbocycles. The molecule has 30 heavy (non-hydrogen) atoms. The van der Waals surface area contributed by atoms with Crippen LogP contribution in [0.25, 0.3) is 10.6 Å². The van der Waals surface area contributed by atoms with Gasteiger partial charge in [0, 0.05) is 36.3 Å². The SMILES string of the molecule is COc1ccc(NC(=O)Cc2csc(-c3cccc(CN4CCOCC4)c3)n2)cc1. The van der Waals surface area contributed by atoms with Crippen molar-refractivity contribution in [1.29, 1.82) is 0 Å². The van der Waals surface area contributed by atoms with Crippen molar-refractivity contribution < 1.29 is 14.3 Å². The number of nitrogens with zero attached hydrogens (tertiary/aromatic N) is 2. The maximum Gasteiger partial charge on any atom is 0.230 e. The predicted molar refractivity (Wildman–Crippen MR) is 119 cm³/mol. The number of ether oxygens (including phenoxy) is 2. The van der Waals surface area contributed by atoms with Crippen molar-refractivity contribution in [2.45, 2.75) is 13.0 Å². The van der Waals surface area contributed by atoms with E-state index in [0.717, 1.165) is 60.5 Å². The second kappa shape index (κ2) is 9.84. The Labute approximate surface area is 180 Å². The number of methoxy groups -OCH3 is 1. The van der Waals surface area contributed by atoms with Gasteiger partial charge in [0.1, 0.15) is 10.8 Å². The molecule has 6 nitrogen and oxygen atoms in total. The summed E-state index contributed by atoms with van der Waals surface area (Å²) in [5.41, 5.74) is 3.88. The van der Waals surface area contributed by atoms with Gasteiger partial charge in [-0.2, -0.15) is 0 Å². The smallest absolute Gasteiger partial charge is 0.230 e. The molecule has 1 amide bonds. The molecule has 0 aliphatic carbocycles. The molecule has 1 saturated heterocycles. The highest BCUT2D eigenvalue weighted by molar-refractivity contribution is 7.13. The summed E-state index contributed by atoms with van der Waals surface area (Å²) in [4.78, 5) is 19.4. The topological polar surface area (TPSA) is 63.7 Å². The summed E-state index contributed by atoms with van der Waals surface area (Å²) in [5, 5.41) is 5.79. The molecule has 2 aromatic carbocycles. The molecule has 0 bridgehead atoms. The lowest BCUT2D eigenvalue weighted by Crippen LogP contribution is -2.35. The summed E-state index contributed by atoms with van der Waals surface area (Å²) in [7, 11) is 1.62. The van der Waals surface area contributed by atoms with E-state index in [-0.39, 0.29) is 12.3 Å². The number of anilines is 1. The molecule has 2 heterocycles. The molecular formula is C23H25N3O3S. The van der Waals surface area contributed by atoms with Crippen LogP contribution in [0.15, 0.2) is 53.9 Å². The number of nitrogens with one attached hydrogen (secondary N) is 1. The molecular weight excluding hydrogens is 398 g/mol. The minimum absolute atomic E-state index is 0.0851. The molecule has 0 atom stereocenters. The number of hydrogen-bond acceptors (Lipinski definition) is 6. The van der Waals surface area contributed by atoms with Crippen molar-refractivity contribution >= 4 is 22.9 Å². The Morgan fingerprint density at radius 1 is 1.20 bits per heavy atom. The molecule has 3 aromatic rings. The van der Waals surface area contributed by atoms with Gasteiger partial charge in [-0.15, -0.1) is 11.3 Å². The zero-order valence-electron chi connectivity index (χ0n) is 17.0. The molecule has 4 rings (SSSR count). The molecule has 7 heteroatoms. The lowest BCUT2D eigenvalue weighted by molar-refractivity contribution is -0.115. The van der Waals surface area contributed by atoms with E-state index < -0.39 is 0 Å². The lowest BCUT2D eigenvalue weighted by atomic mass is 10.1. The summed E-state index contributed by atoms with van der Waals surface area (Å²) in [6, 6.07) is 15.8. The highest BCUT2D eigenvalue weighted by Crippen LogP contribution is 2.25. The highest BCUT2D eigenvalue weighted by atomic mass is 32.1. The van der Waals surface area contributed by atoms with E-state index in [2.05, 4.69) is 39.5 Å². The van der Waals surface area contributed by atoms with Gasteiger partial charge >= 0.3 is 0 Å². The fraction of sp³-hybridized carbons (Fsp3) is 0.304. The third kappa shape index (κ3) is 5.44. The molecule has 0 radical (unpaired) electrons. The van der Waals surface area contributed by atoms with Crippen molar-refractivity contribution in [3.05, 3.63) is 65.2 Å². The Hall–Kier alpha value is -2.74. The quantitative estimate of drug-likeness (QED) is 0.626. The molecule has 1 aliphatic heterocycles. The number of benzene rings is 2. The average Bonchev–Trinajstić information content (AvgIpc) is 3.23. The monoisotopic (exact) mass is 423 g/mol. The second-order valence-electron chi connectivity index (χ2n) is 7.19. The van der Waals surface area contributed by atoms with Crippen LogP contribution >= 0.6 is 11.3 Å². The number of rotatable bonds is 7. The molecule has 1 aromatic heterocycles. The standard InChI is InChI=1S/C23H25N3O3S/c1-28-21-7-5-19(6-8-21)24-22(27)14-20-16-30-23(25-20)18-4-2-3-17(13-18)15-26-9-11-29-12-10-26/h2-8,13,16H,9-12,14-15H2,1H3,(H,24,27). The first-order valence-corrected chi connectivity index (χ1v) is 10.9. The van der Waals surface area contributed by atoms with Crippen LogP contribution in [0.3, 0.4) is 0 Å². The van der Waals surface area contributed by atoms with E-state index in [4.69, 9.17) is 9.47 Å². The van der Waals surface area contributed by atoms with Crippen molar-refractivity contribution in [3.63, 3.8) is 0 Å². The van der Waals surface area contributed by atoms with E-state index in [1.165, 1.54) is 5.56 Å². The number of hydrogen-bond donors (Lipinski definition) is 1. The van der Waals surface area contributed by atoms with Crippen LogP contribution in [-0.4, -0.2) is 49.2 Å². The maximum absolute atomic E-state index is 12.4. The number of morpholine rings is 1. The minimum Gasteiger partial charge on any atom is -0.497 e. The van der Waals surface area contributed by atoms with Crippen LogP contribution in [0.5, 0.6) is 5.75 Å². The summed E-state index contributed by atoms with van der Waals surface area (Å²) in [6.07, 6.45) is 0.246. The zero-order valence-corrected chi connectivity index (χ0v) is 17.8. The first-order valence-electron chi connectivity index (χ1n) is 9.97. The summed E-state index contributed by atoms with van der Waals surface area (Å²) in [6.45, 7) is 4.45. The fourth-order valence-electron chi connectivity index (χ4n) is 3.38. The van der Waals surface area contributed by atoms with Crippen molar-refractivity contribution in [1.82, 2.24) is 9.88 Å². The van der Waals surface area contributed by atoms with Gasteiger partial charge in [0.2, 0.25) is 5.91 Å². The van der Waals surface area contributed by atoms with Gasteiger partial charge < -0.3 is 14.8 Å². The van der Waals surface area contributed by atoms with Crippen molar-refractivity contribution in [2.75, 3.05) is 38.7 Å². The normalized spacial score (nSPS) is 14.4. The van der Waals surface area contributed by atoms with E-state index >= 15 is 0 Å². The third-order valence-corrected chi connectivity index (χ3v) is 5.89. The van der Waals surface area contributed by atoms with Gasteiger partial charge in [0.05, 0.1) is 32.4 Å². The van der Waals surface area contributed by atoms with Crippen LogP contribution in [0.2, 0.25) is 0 Å². The first-order chi connectivity index (χ1) is 14.7. The molecule has 1 aliphatic rings. The van der Waals surface area contributed by atoms with E-state index in [1.54, 1.807) is 18.4 Å². The van der Waals surface area contributed by atoms with Gasteiger partial charge in [0.25, 0.3) is 0 Å². The van der Waals surface area contributed by atoms with Crippen LogP contribution in [0, 0.1) is 0 Å². The Morgan fingerprint density at radius 3 is 2.77 bits per heavy atom. The van der Waals surface area contributed by atoms with Crippen molar-refractivity contribution in [2.24, 2.45) is 0 Å². The first kappa shape index (κ1) is 20.5. The Bertz CT molecular complexity index is 981. The number of thiazole rings is 1. The van der Waals surface area contributed by atoms with Gasteiger partial charge in [-0.3, -0.25) is 9.69 Å². The third-order valence-electron chi connectivity index (χ3n) is 4.95. The van der Waals surface area contributed by atoms with Crippen LogP contribution < -0.4 is 10.1 Å². The van der Waals surface area contributed by atoms with E-state index in [1.807, 2.05) is 29.6 Å².